The van der Waals surface area contributed by atoms with E-state index in [9.17, 15) is 18.4 Å². The Bertz CT molecular complexity index is 1240. The normalized spacial score (nSPS) is 13.4. The lowest BCUT2D eigenvalue weighted by Crippen LogP contribution is -2.25. The van der Waals surface area contributed by atoms with Gasteiger partial charge in [0.05, 0.1) is 16.3 Å². The van der Waals surface area contributed by atoms with E-state index in [1.54, 1.807) is 36.4 Å². The van der Waals surface area contributed by atoms with Crippen LogP contribution in [0.4, 0.5) is 20.2 Å². The molecule has 4 N–H and O–H groups in total. The highest BCUT2D eigenvalue weighted by Crippen LogP contribution is 2.45. The molecule has 3 aromatic rings. The number of pyridine rings is 1. The standard InChI is InChI=1S/C22H17ClF2N4O4/c23-14-10-18-19(33-22(24,25)32-18)11-16(14)29-21(31)13-3-1-2-4-15(13)27-7-5-12-6-8-28-17(9-12)20(26)30/h1-4,6,8-11,27H,5,7H2,(H2,26,30)(H,29,31). The number of primary amides is 1. The van der Waals surface area contributed by atoms with E-state index in [4.69, 9.17) is 17.3 Å². The molecule has 0 saturated carbocycles. The largest absolute Gasteiger partial charge is 0.586 e. The molecule has 0 saturated heterocycles. The van der Waals surface area contributed by atoms with Gasteiger partial charge in [0.2, 0.25) is 0 Å². The topological polar surface area (TPSA) is 116 Å². The number of hydrogen-bond acceptors (Lipinski definition) is 6. The van der Waals surface area contributed by atoms with Gasteiger partial charge in [0.25, 0.3) is 11.8 Å². The summed E-state index contributed by atoms with van der Waals surface area (Å²) in [6, 6.07) is 12.4. The molecule has 1 aliphatic rings. The third-order valence-electron chi connectivity index (χ3n) is 4.72. The number of nitrogens with one attached hydrogen (secondary N) is 2. The van der Waals surface area contributed by atoms with Crippen LogP contribution in [0.3, 0.4) is 0 Å². The molecule has 0 bridgehead atoms. The molecular weight excluding hydrogens is 458 g/mol. The highest BCUT2D eigenvalue weighted by Gasteiger charge is 2.44. The molecule has 0 atom stereocenters. The van der Waals surface area contributed by atoms with E-state index in [-0.39, 0.29) is 27.9 Å². The van der Waals surface area contributed by atoms with Gasteiger partial charge in [0, 0.05) is 30.6 Å². The minimum Gasteiger partial charge on any atom is -0.395 e. The number of benzene rings is 2. The van der Waals surface area contributed by atoms with Crippen LogP contribution in [-0.2, 0) is 6.42 Å². The molecule has 0 spiro atoms. The Balaban J connectivity index is 1.45. The second kappa shape index (κ2) is 8.91. The molecule has 33 heavy (non-hydrogen) atoms. The van der Waals surface area contributed by atoms with Crippen molar-refractivity contribution >= 4 is 34.8 Å². The van der Waals surface area contributed by atoms with E-state index in [0.717, 1.165) is 11.6 Å². The van der Waals surface area contributed by atoms with E-state index in [2.05, 4.69) is 25.1 Å². The Morgan fingerprint density at radius 2 is 1.79 bits per heavy atom. The number of ether oxygens (including phenoxy) is 2. The fourth-order valence-electron chi connectivity index (χ4n) is 3.20. The van der Waals surface area contributed by atoms with Crippen molar-refractivity contribution in [3.05, 3.63) is 76.6 Å². The van der Waals surface area contributed by atoms with E-state index in [0.29, 0.717) is 24.2 Å². The summed E-state index contributed by atoms with van der Waals surface area (Å²) >= 11 is 6.11. The maximum atomic E-state index is 13.3. The summed E-state index contributed by atoms with van der Waals surface area (Å²) in [5.74, 6) is -1.58. The lowest BCUT2D eigenvalue weighted by Gasteiger charge is -2.13. The van der Waals surface area contributed by atoms with E-state index >= 15 is 0 Å². The Kier molecular flexibility index (Phi) is 6.01. The van der Waals surface area contributed by atoms with E-state index in [1.165, 1.54) is 12.3 Å². The molecule has 0 unspecified atom stereocenters. The summed E-state index contributed by atoms with van der Waals surface area (Å²) in [5.41, 5.74) is 7.21. The Morgan fingerprint density at radius 3 is 2.55 bits per heavy atom. The van der Waals surface area contributed by atoms with E-state index in [1.807, 2.05) is 0 Å². The Hall–Kier alpha value is -3.92. The number of anilines is 2. The van der Waals surface area contributed by atoms with Gasteiger partial charge in [-0.25, -0.2) is 0 Å². The van der Waals surface area contributed by atoms with Crippen LogP contribution in [0.5, 0.6) is 11.5 Å². The van der Waals surface area contributed by atoms with Crippen molar-refractivity contribution in [2.24, 2.45) is 5.73 Å². The van der Waals surface area contributed by atoms with Gasteiger partial charge in [-0.2, -0.15) is 0 Å². The first-order valence-electron chi connectivity index (χ1n) is 9.70. The monoisotopic (exact) mass is 474 g/mol. The smallest absolute Gasteiger partial charge is 0.395 e. The first-order chi connectivity index (χ1) is 15.7. The van der Waals surface area contributed by atoms with Gasteiger partial charge in [-0.05, 0) is 36.2 Å². The number of alkyl halides is 2. The Morgan fingerprint density at radius 1 is 1.06 bits per heavy atom. The van der Waals surface area contributed by atoms with Crippen LogP contribution < -0.4 is 25.8 Å². The molecule has 0 radical (unpaired) electrons. The number of para-hydroxylation sites is 1. The Labute approximate surface area is 191 Å². The zero-order valence-corrected chi connectivity index (χ0v) is 17.7. The van der Waals surface area contributed by atoms with Crippen molar-refractivity contribution in [1.82, 2.24) is 4.98 Å². The third-order valence-corrected chi connectivity index (χ3v) is 5.03. The van der Waals surface area contributed by atoms with Crippen LogP contribution in [0, 0.1) is 0 Å². The van der Waals surface area contributed by atoms with Gasteiger partial charge >= 0.3 is 6.29 Å². The van der Waals surface area contributed by atoms with Crippen LogP contribution in [-0.4, -0.2) is 29.6 Å². The number of carbonyl (C=O) groups is 2. The van der Waals surface area contributed by atoms with Gasteiger partial charge in [-0.3, -0.25) is 14.6 Å². The van der Waals surface area contributed by atoms with Crippen LogP contribution in [0.25, 0.3) is 0 Å². The van der Waals surface area contributed by atoms with Gasteiger partial charge < -0.3 is 25.8 Å². The fourth-order valence-corrected chi connectivity index (χ4v) is 3.40. The molecule has 170 valence electrons. The molecule has 11 heteroatoms. The molecular formula is C22H17ClF2N4O4. The number of fused-ring (bicyclic) bond motifs is 1. The molecule has 0 fully saturated rings. The highest BCUT2D eigenvalue weighted by atomic mass is 35.5. The van der Waals surface area contributed by atoms with Crippen LogP contribution in [0.2, 0.25) is 5.02 Å². The van der Waals surface area contributed by atoms with Gasteiger partial charge in [0.1, 0.15) is 5.69 Å². The summed E-state index contributed by atoms with van der Waals surface area (Å²) in [5, 5.41) is 5.78. The molecule has 4 rings (SSSR count). The van der Waals surface area contributed by atoms with Crippen LogP contribution in [0.1, 0.15) is 26.4 Å². The number of rotatable bonds is 7. The predicted octanol–water partition coefficient (Wildman–Crippen LogP) is 4.06. The maximum Gasteiger partial charge on any atom is 0.586 e. The molecule has 1 aliphatic heterocycles. The quantitative estimate of drug-likeness (QED) is 0.475. The zero-order valence-electron chi connectivity index (χ0n) is 16.9. The first-order valence-corrected chi connectivity index (χ1v) is 10.1. The SMILES string of the molecule is NC(=O)c1cc(CCNc2ccccc2C(=O)Nc2cc3c(cc2Cl)OC(F)(F)O3)ccn1. The second-order valence-corrected chi connectivity index (χ2v) is 7.44. The maximum absolute atomic E-state index is 13.3. The lowest BCUT2D eigenvalue weighted by atomic mass is 10.1. The second-order valence-electron chi connectivity index (χ2n) is 7.04. The number of nitrogens with two attached hydrogens (primary N) is 1. The summed E-state index contributed by atoms with van der Waals surface area (Å²) in [4.78, 5) is 28.1. The van der Waals surface area contributed by atoms with Crippen molar-refractivity contribution in [1.29, 1.82) is 0 Å². The highest BCUT2D eigenvalue weighted by molar-refractivity contribution is 6.34. The lowest BCUT2D eigenvalue weighted by molar-refractivity contribution is -0.286. The van der Waals surface area contributed by atoms with Crippen molar-refractivity contribution < 1.29 is 27.8 Å². The minimum atomic E-state index is -3.79. The number of hydrogen-bond donors (Lipinski definition) is 3. The summed E-state index contributed by atoms with van der Waals surface area (Å²) in [6.45, 7) is 0.451. The molecule has 2 aromatic carbocycles. The summed E-state index contributed by atoms with van der Waals surface area (Å²) in [6.07, 6.45) is -1.75. The van der Waals surface area contributed by atoms with Crippen LogP contribution in [0.15, 0.2) is 54.7 Å². The fraction of sp³-hybridized carbons (Fsp3) is 0.136. The van der Waals surface area contributed by atoms with E-state index < -0.39 is 18.1 Å². The molecule has 2 heterocycles. The molecule has 0 aliphatic carbocycles. The molecule has 2 amide bonds. The first kappa shape index (κ1) is 22.3. The minimum absolute atomic E-state index is 0.0109. The van der Waals surface area contributed by atoms with Crippen molar-refractivity contribution in [3.8, 4) is 11.5 Å². The summed E-state index contributed by atoms with van der Waals surface area (Å²) in [7, 11) is 0. The van der Waals surface area contributed by atoms with Gasteiger partial charge in [0.15, 0.2) is 11.5 Å². The molecule has 1 aromatic heterocycles. The zero-order chi connectivity index (χ0) is 23.6. The number of carbonyl (C=O) groups excluding carboxylic acids is 2. The van der Waals surface area contributed by atoms with Gasteiger partial charge in [-0.15, -0.1) is 8.78 Å². The predicted molar refractivity (Wildman–Crippen MR) is 117 cm³/mol. The number of amides is 2. The van der Waals surface area contributed by atoms with Crippen molar-refractivity contribution in [2.75, 3.05) is 17.2 Å². The van der Waals surface area contributed by atoms with Gasteiger partial charge in [-0.1, -0.05) is 23.7 Å². The number of halogens is 3. The van der Waals surface area contributed by atoms with Crippen molar-refractivity contribution in [2.45, 2.75) is 12.7 Å². The average Bonchev–Trinajstić information content (AvgIpc) is 3.07. The number of nitrogens with zero attached hydrogens (tertiary/aromatic N) is 1. The van der Waals surface area contributed by atoms with Crippen molar-refractivity contribution in [3.63, 3.8) is 0 Å². The number of aromatic nitrogens is 1. The average molecular weight is 475 g/mol. The van der Waals surface area contributed by atoms with Crippen LogP contribution >= 0.6 is 11.6 Å². The summed E-state index contributed by atoms with van der Waals surface area (Å²) < 4.78 is 35.3. The third kappa shape index (κ3) is 5.12. The molecule has 8 nitrogen and oxygen atoms in total.